The molecule has 16 heteroatoms. The minimum Gasteiger partial charge on any atom is -0.491 e. The molecule has 6 rings (SSSR count). The topological polar surface area (TPSA) is 216 Å². The van der Waals surface area contributed by atoms with Crippen LogP contribution in [0.5, 0.6) is 5.75 Å². The zero-order valence-corrected chi connectivity index (χ0v) is 28.1. The number of nitrogens with one attached hydrogen (secondary N) is 1. The molecule has 1 fully saturated rings. The second kappa shape index (κ2) is 14.8. The van der Waals surface area contributed by atoms with Crippen molar-refractivity contribution < 1.29 is 23.9 Å². The predicted octanol–water partition coefficient (Wildman–Crippen LogP) is 2.30. The third-order valence-electron chi connectivity index (χ3n) is 8.54. The van der Waals surface area contributed by atoms with Gasteiger partial charge in [-0.2, -0.15) is 5.10 Å². The molecule has 0 radical (unpaired) electrons. The molecule has 0 atom stereocenters. The minimum atomic E-state index is -0.625. The maximum atomic E-state index is 13.6. The molecule has 3 aromatic heterocycles. The van der Waals surface area contributed by atoms with E-state index >= 15 is 0 Å². The number of hydrogen-bond donors (Lipinski definition) is 4. The summed E-state index contributed by atoms with van der Waals surface area (Å²) in [5.74, 6) is -0.605. The summed E-state index contributed by atoms with van der Waals surface area (Å²) in [6.45, 7) is 9.27. The molecule has 0 spiro atoms. The Kier molecular flexibility index (Phi) is 10.1. The first kappa shape index (κ1) is 34.1. The number of primary amides is 2. The lowest BCUT2D eigenvalue weighted by Gasteiger charge is -2.26. The second-order valence-electron chi connectivity index (χ2n) is 12.0. The van der Waals surface area contributed by atoms with Crippen LogP contribution in [-0.4, -0.2) is 91.0 Å². The van der Waals surface area contributed by atoms with Gasteiger partial charge in [-0.05, 0) is 56.7 Å². The fraction of sp³-hybridized carbons (Fsp3) is 0.353. The molecule has 1 aliphatic heterocycles. The molecule has 5 aromatic rings. The third-order valence-corrected chi connectivity index (χ3v) is 8.54. The number of hydrogen-bond acceptors (Lipinski definition) is 10. The number of nitrogens with zero attached hydrogens (tertiary/aromatic N) is 7. The normalized spacial score (nSPS) is 13.8. The number of ether oxygens (including phenoxy) is 2. The monoisotopic (exact) mass is 683 g/mol. The zero-order chi connectivity index (χ0) is 35.4. The SMILES string of the molecule is CCn1nc(C)cc1C(=O)Nc1nc2cc(C(N)=O)cc(OCCCN3CCOCC3)c2n1C/C=C/Cn1c(N)nc2cc(C(N)=O)ccc21. The summed E-state index contributed by atoms with van der Waals surface area (Å²) < 4.78 is 17.0. The van der Waals surface area contributed by atoms with E-state index in [0.29, 0.717) is 72.2 Å². The molecule has 3 amide bonds. The van der Waals surface area contributed by atoms with Crippen LogP contribution in [0.4, 0.5) is 11.9 Å². The average Bonchev–Trinajstić information content (AvgIpc) is 3.76. The number of nitrogen functional groups attached to an aromatic ring is 1. The van der Waals surface area contributed by atoms with Gasteiger partial charge in [0.25, 0.3) is 5.91 Å². The Balaban J connectivity index is 1.31. The van der Waals surface area contributed by atoms with Crippen LogP contribution in [0.15, 0.2) is 48.6 Å². The number of nitrogens with two attached hydrogens (primary N) is 3. The highest BCUT2D eigenvalue weighted by atomic mass is 16.5. The van der Waals surface area contributed by atoms with Gasteiger partial charge in [0.1, 0.15) is 17.0 Å². The highest BCUT2D eigenvalue weighted by Crippen LogP contribution is 2.31. The second-order valence-corrected chi connectivity index (χ2v) is 12.0. The van der Waals surface area contributed by atoms with Crippen LogP contribution in [-0.2, 0) is 24.4 Å². The zero-order valence-electron chi connectivity index (χ0n) is 28.1. The van der Waals surface area contributed by atoms with Gasteiger partial charge in [0.15, 0.2) is 0 Å². The van der Waals surface area contributed by atoms with Crippen molar-refractivity contribution in [3.05, 3.63) is 71.1 Å². The lowest BCUT2D eigenvalue weighted by Crippen LogP contribution is -2.37. The van der Waals surface area contributed by atoms with Crippen molar-refractivity contribution in [2.75, 3.05) is 50.5 Å². The molecule has 7 N–H and O–H groups in total. The molecule has 4 heterocycles. The van der Waals surface area contributed by atoms with Crippen molar-refractivity contribution >= 4 is 51.7 Å². The summed E-state index contributed by atoms with van der Waals surface area (Å²) in [7, 11) is 0. The van der Waals surface area contributed by atoms with E-state index < -0.39 is 11.8 Å². The Labute approximate surface area is 287 Å². The van der Waals surface area contributed by atoms with E-state index in [1.165, 1.54) is 0 Å². The molecule has 1 aliphatic rings. The number of carbonyl (C=O) groups excluding carboxylic acids is 3. The number of imidazole rings is 2. The van der Waals surface area contributed by atoms with Crippen LogP contribution in [0.1, 0.15) is 50.2 Å². The standard InChI is InChI=1S/C34H41N11O5/c1-3-45-27(17-21(2)41-45)32(48)40-34-39-25-19-23(31(36)47)20-28(50-14-6-9-42-12-15-49-16-13-42)29(25)44(34)11-5-4-10-43-26-8-7-22(30(35)46)18-24(26)38-33(43)37/h4-5,7-8,17-20H,3,6,9-16H2,1-2H3,(H2,35,46)(H2,36,47)(H2,37,38)(H,39,40,48)/b5-4+. The van der Waals surface area contributed by atoms with Crippen LogP contribution in [0.2, 0.25) is 0 Å². The number of carbonyl (C=O) groups is 3. The molecule has 0 bridgehead atoms. The Hall–Kier alpha value is -5.74. The van der Waals surface area contributed by atoms with E-state index in [1.54, 1.807) is 41.1 Å². The van der Waals surface area contributed by atoms with E-state index in [9.17, 15) is 14.4 Å². The largest absolute Gasteiger partial charge is 0.491 e. The summed E-state index contributed by atoms with van der Waals surface area (Å²) in [4.78, 5) is 49.0. The quantitative estimate of drug-likeness (QED) is 0.0989. The van der Waals surface area contributed by atoms with Crippen molar-refractivity contribution in [2.24, 2.45) is 11.5 Å². The molecule has 16 nitrogen and oxygen atoms in total. The van der Waals surface area contributed by atoms with Gasteiger partial charge in [-0.15, -0.1) is 0 Å². The molecular formula is C34H41N11O5. The summed E-state index contributed by atoms with van der Waals surface area (Å²) in [6.07, 6.45) is 4.57. The number of aryl methyl sites for hydroxylation is 2. The first-order chi connectivity index (χ1) is 24.1. The Bertz CT molecular complexity index is 2090. The minimum absolute atomic E-state index is 0.236. The predicted molar refractivity (Wildman–Crippen MR) is 188 cm³/mol. The van der Waals surface area contributed by atoms with Crippen LogP contribution in [0.3, 0.4) is 0 Å². The van der Waals surface area contributed by atoms with Crippen molar-refractivity contribution in [1.29, 1.82) is 0 Å². The lowest BCUT2D eigenvalue weighted by atomic mass is 10.1. The highest BCUT2D eigenvalue weighted by Gasteiger charge is 2.22. The molecule has 50 heavy (non-hydrogen) atoms. The molecule has 0 aliphatic carbocycles. The summed E-state index contributed by atoms with van der Waals surface area (Å²) in [5, 5.41) is 7.35. The van der Waals surface area contributed by atoms with Gasteiger partial charge in [-0.25, -0.2) is 9.97 Å². The summed E-state index contributed by atoms with van der Waals surface area (Å²) >= 11 is 0. The van der Waals surface area contributed by atoms with E-state index in [4.69, 9.17) is 31.7 Å². The Morgan fingerprint density at radius 1 is 0.960 bits per heavy atom. The smallest absolute Gasteiger partial charge is 0.276 e. The number of amides is 3. The van der Waals surface area contributed by atoms with Gasteiger partial charge in [-0.1, -0.05) is 12.2 Å². The number of rotatable bonds is 14. The van der Waals surface area contributed by atoms with E-state index in [2.05, 4.69) is 20.3 Å². The number of aromatic nitrogens is 6. The molecule has 1 saturated heterocycles. The number of allylic oxidation sites excluding steroid dienone is 2. The van der Waals surface area contributed by atoms with Crippen molar-refractivity contribution in [3.63, 3.8) is 0 Å². The highest BCUT2D eigenvalue weighted by molar-refractivity contribution is 6.04. The summed E-state index contributed by atoms with van der Waals surface area (Å²) in [6, 6.07) is 9.91. The average molecular weight is 684 g/mol. The lowest BCUT2D eigenvalue weighted by molar-refractivity contribution is 0.0358. The van der Waals surface area contributed by atoms with Gasteiger partial charge in [-0.3, -0.25) is 29.3 Å². The van der Waals surface area contributed by atoms with E-state index in [1.807, 2.05) is 35.1 Å². The first-order valence-corrected chi connectivity index (χ1v) is 16.5. The molecular weight excluding hydrogens is 642 g/mol. The number of anilines is 2. The van der Waals surface area contributed by atoms with Gasteiger partial charge >= 0.3 is 0 Å². The maximum Gasteiger partial charge on any atom is 0.276 e. The van der Waals surface area contributed by atoms with Crippen molar-refractivity contribution in [1.82, 2.24) is 33.8 Å². The fourth-order valence-corrected chi connectivity index (χ4v) is 6.04. The van der Waals surface area contributed by atoms with Gasteiger partial charge in [0.05, 0.1) is 42.1 Å². The van der Waals surface area contributed by atoms with Gasteiger partial charge in [0, 0.05) is 50.4 Å². The van der Waals surface area contributed by atoms with Crippen molar-refractivity contribution in [3.8, 4) is 5.75 Å². The number of fused-ring (bicyclic) bond motifs is 2. The first-order valence-electron chi connectivity index (χ1n) is 16.5. The van der Waals surface area contributed by atoms with Crippen LogP contribution >= 0.6 is 0 Å². The van der Waals surface area contributed by atoms with Crippen LogP contribution in [0, 0.1) is 6.92 Å². The molecule has 2 aromatic carbocycles. The van der Waals surface area contributed by atoms with Gasteiger partial charge in [0.2, 0.25) is 23.7 Å². The molecule has 262 valence electrons. The van der Waals surface area contributed by atoms with E-state index in [-0.39, 0.29) is 29.9 Å². The third kappa shape index (κ3) is 7.30. The number of morpholine rings is 1. The molecule has 0 unspecified atom stereocenters. The molecule has 0 saturated carbocycles. The maximum absolute atomic E-state index is 13.6. The van der Waals surface area contributed by atoms with E-state index in [0.717, 1.165) is 31.6 Å². The Morgan fingerprint density at radius 2 is 1.68 bits per heavy atom. The van der Waals surface area contributed by atoms with Crippen LogP contribution in [0.25, 0.3) is 22.1 Å². The van der Waals surface area contributed by atoms with Crippen LogP contribution < -0.4 is 27.3 Å². The van der Waals surface area contributed by atoms with Gasteiger partial charge < -0.3 is 35.8 Å². The summed E-state index contributed by atoms with van der Waals surface area (Å²) in [5.41, 5.74) is 21.4. The number of benzene rings is 2. The Morgan fingerprint density at radius 3 is 2.40 bits per heavy atom. The van der Waals surface area contributed by atoms with Crippen molar-refractivity contribution in [2.45, 2.75) is 39.9 Å². The fourth-order valence-electron chi connectivity index (χ4n) is 6.04.